The molecule has 0 saturated heterocycles. The third-order valence-electron chi connectivity index (χ3n) is 7.86. The van der Waals surface area contributed by atoms with Crippen molar-refractivity contribution in [3.8, 4) is 0 Å². The molecule has 6 atom stereocenters. The maximum absolute atomic E-state index is 10.0. The van der Waals surface area contributed by atoms with Crippen LogP contribution in [0, 0.1) is 28.6 Å². The Labute approximate surface area is 123 Å². The number of allylic oxidation sites excluding steroid dienone is 1. The van der Waals surface area contributed by atoms with E-state index in [1.807, 2.05) is 0 Å². The summed E-state index contributed by atoms with van der Waals surface area (Å²) in [6, 6.07) is 0. The minimum Gasteiger partial charge on any atom is -0.393 e. The highest BCUT2D eigenvalue weighted by Gasteiger charge is 2.55. The van der Waals surface area contributed by atoms with Crippen molar-refractivity contribution in [2.24, 2.45) is 28.6 Å². The van der Waals surface area contributed by atoms with Gasteiger partial charge in [0.25, 0.3) is 0 Å². The first-order valence-electron chi connectivity index (χ1n) is 8.90. The molecule has 0 aromatic heterocycles. The molecule has 0 amide bonds. The predicted octanol–water partition coefficient (Wildman–Crippen LogP) is 4.70. The molecule has 3 saturated carbocycles. The maximum atomic E-state index is 10.0. The highest BCUT2D eigenvalue weighted by molar-refractivity contribution is 5.25. The molecule has 0 spiro atoms. The van der Waals surface area contributed by atoms with Crippen molar-refractivity contribution in [1.29, 1.82) is 0 Å². The second-order valence-corrected chi connectivity index (χ2v) is 8.74. The quantitative estimate of drug-likeness (QED) is 0.635. The first-order valence-corrected chi connectivity index (χ1v) is 8.90. The summed E-state index contributed by atoms with van der Waals surface area (Å²) >= 11 is 0. The Bertz CT molecular complexity index is 439. The lowest BCUT2D eigenvalue weighted by Crippen LogP contribution is -2.49. The van der Waals surface area contributed by atoms with Gasteiger partial charge in [0, 0.05) is 0 Å². The van der Waals surface area contributed by atoms with E-state index in [1.165, 1.54) is 44.9 Å². The topological polar surface area (TPSA) is 20.2 Å². The van der Waals surface area contributed by atoms with Crippen molar-refractivity contribution in [2.75, 3.05) is 0 Å². The molecule has 112 valence electrons. The van der Waals surface area contributed by atoms with E-state index in [4.69, 9.17) is 0 Å². The fourth-order valence-electron chi connectivity index (χ4n) is 6.63. The first kappa shape index (κ1) is 13.4. The predicted molar refractivity (Wildman–Crippen MR) is 82.3 cm³/mol. The van der Waals surface area contributed by atoms with Crippen molar-refractivity contribution in [3.63, 3.8) is 0 Å². The Morgan fingerprint density at radius 2 is 1.90 bits per heavy atom. The fraction of sp³-hybridized carbons (Fsp3) is 0.895. The molecule has 1 heteroatoms. The van der Waals surface area contributed by atoms with E-state index < -0.39 is 0 Å². The molecular formula is C19H30O. The van der Waals surface area contributed by atoms with Gasteiger partial charge in [-0.25, -0.2) is 0 Å². The number of fused-ring (bicyclic) bond motifs is 5. The Morgan fingerprint density at radius 1 is 1.05 bits per heavy atom. The maximum Gasteiger partial charge on any atom is 0.0577 e. The normalized spacial score (nSPS) is 54.6. The highest BCUT2D eigenvalue weighted by Crippen LogP contribution is 2.64. The molecule has 0 heterocycles. The van der Waals surface area contributed by atoms with Gasteiger partial charge in [-0.05, 0) is 80.0 Å². The number of hydrogen-bond acceptors (Lipinski definition) is 1. The van der Waals surface area contributed by atoms with Gasteiger partial charge in [0.1, 0.15) is 0 Å². The second kappa shape index (κ2) is 4.35. The number of aliphatic hydroxyl groups excluding tert-OH is 1. The van der Waals surface area contributed by atoms with E-state index in [1.54, 1.807) is 5.57 Å². The van der Waals surface area contributed by atoms with E-state index in [0.717, 1.165) is 30.6 Å². The van der Waals surface area contributed by atoms with Gasteiger partial charge in [-0.15, -0.1) is 0 Å². The van der Waals surface area contributed by atoms with Crippen LogP contribution < -0.4 is 0 Å². The van der Waals surface area contributed by atoms with Crippen LogP contribution in [0.3, 0.4) is 0 Å². The smallest absolute Gasteiger partial charge is 0.0577 e. The second-order valence-electron chi connectivity index (χ2n) is 8.74. The summed E-state index contributed by atoms with van der Waals surface area (Å²) in [4.78, 5) is 0. The van der Waals surface area contributed by atoms with Gasteiger partial charge in [0.05, 0.1) is 6.10 Å². The lowest BCUT2D eigenvalue weighted by atomic mass is 9.48. The fourth-order valence-corrected chi connectivity index (χ4v) is 6.63. The van der Waals surface area contributed by atoms with Gasteiger partial charge < -0.3 is 5.11 Å². The third-order valence-corrected chi connectivity index (χ3v) is 7.86. The molecule has 0 unspecified atom stereocenters. The standard InChI is InChI=1S/C19H30O/c1-18-9-3-4-16(18)15-6-5-13-12-14(20)7-11-19(13,2)17(15)8-10-18/h5,14-17,20H,3-4,6-12H2,1-2H3/t14-,15+,16+,17-,18-,19-/m0/s1. The number of rotatable bonds is 0. The Balaban J connectivity index is 1.68. The van der Waals surface area contributed by atoms with Crippen LogP contribution in [-0.4, -0.2) is 11.2 Å². The molecule has 3 fully saturated rings. The zero-order valence-corrected chi connectivity index (χ0v) is 13.2. The molecule has 4 aliphatic carbocycles. The van der Waals surface area contributed by atoms with Crippen LogP contribution in [0.2, 0.25) is 0 Å². The molecule has 0 bridgehead atoms. The lowest BCUT2D eigenvalue weighted by Gasteiger charge is -2.57. The molecule has 20 heavy (non-hydrogen) atoms. The average molecular weight is 274 g/mol. The molecule has 0 aromatic carbocycles. The Hall–Kier alpha value is -0.300. The number of hydrogen-bond donors (Lipinski definition) is 1. The molecule has 0 aliphatic heterocycles. The van der Waals surface area contributed by atoms with Gasteiger partial charge in [-0.3, -0.25) is 0 Å². The largest absolute Gasteiger partial charge is 0.393 e. The third kappa shape index (κ3) is 1.71. The van der Waals surface area contributed by atoms with Crippen LogP contribution in [0.1, 0.15) is 71.6 Å². The molecular weight excluding hydrogens is 244 g/mol. The lowest BCUT2D eigenvalue weighted by molar-refractivity contribution is -0.0360. The molecule has 4 aliphatic rings. The van der Waals surface area contributed by atoms with E-state index in [-0.39, 0.29) is 6.10 Å². The van der Waals surface area contributed by atoms with Gasteiger partial charge >= 0.3 is 0 Å². The van der Waals surface area contributed by atoms with Crippen LogP contribution >= 0.6 is 0 Å². The zero-order chi connectivity index (χ0) is 14.0. The SMILES string of the molecule is C[C@@]12CCC[C@@H]1[C@H]1CC=C3C[C@@H](O)CC[C@]3(C)[C@H]1CC2. The summed E-state index contributed by atoms with van der Waals surface area (Å²) in [5.41, 5.74) is 2.70. The summed E-state index contributed by atoms with van der Waals surface area (Å²) < 4.78 is 0. The van der Waals surface area contributed by atoms with Gasteiger partial charge in [-0.2, -0.15) is 0 Å². The van der Waals surface area contributed by atoms with Crippen LogP contribution in [0.15, 0.2) is 11.6 Å². The summed E-state index contributed by atoms with van der Waals surface area (Å²) in [6.07, 6.45) is 14.3. The minimum absolute atomic E-state index is 0.0637. The molecule has 1 nitrogen and oxygen atoms in total. The van der Waals surface area contributed by atoms with Crippen LogP contribution in [0.5, 0.6) is 0 Å². The molecule has 0 aromatic rings. The van der Waals surface area contributed by atoms with Gasteiger partial charge in [-0.1, -0.05) is 31.9 Å². The number of aliphatic hydroxyl groups is 1. The summed E-state index contributed by atoms with van der Waals surface area (Å²) in [5.74, 6) is 2.84. The van der Waals surface area contributed by atoms with E-state index in [2.05, 4.69) is 19.9 Å². The van der Waals surface area contributed by atoms with Gasteiger partial charge in [0.2, 0.25) is 0 Å². The molecule has 0 radical (unpaired) electrons. The van der Waals surface area contributed by atoms with Crippen LogP contribution in [0.4, 0.5) is 0 Å². The molecule has 4 rings (SSSR count). The van der Waals surface area contributed by atoms with Crippen molar-refractivity contribution in [2.45, 2.75) is 77.7 Å². The van der Waals surface area contributed by atoms with E-state index >= 15 is 0 Å². The molecule has 1 N–H and O–H groups in total. The summed E-state index contributed by atoms with van der Waals surface area (Å²) in [5, 5.41) is 10.0. The van der Waals surface area contributed by atoms with Crippen LogP contribution in [-0.2, 0) is 0 Å². The van der Waals surface area contributed by atoms with Crippen molar-refractivity contribution < 1.29 is 5.11 Å². The summed E-state index contributed by atoms with van der Waals surface area (Å²) in [6.45, 7) is 5.10. The van der Waals surface area contributed by atoms with Crippen LogP contribution in [0.25, 0.3) is 0 Å². The van der Waals surface area contributed by atoms with Gasteiger partial charge in [0.15, 0.2) is 0 Å². The minimum atomic E-state index is -0.0637. The van der Waals surface area contributed by atoms with Crippen molar-refractivity contribution in [3.05, 3.63) is 11.6 Å². The monoisotopic (exact) mass is 274 g/mol. The Morgan fingerprint density at radius 3 is 2.75 bits per heavy atom. The van der Waals surface area contributed by atoms with Crippen molar-refractivity contribution in [1.82, 2.24) is 0 Å². The highest BCUT2D eigenvalue weighted by atomic mass is 16.3. The first-order chi connectivity index (χ1) is 9.53. The zero-order valence-electron chi connectivity index (χ0n) is 13.2. The average Bonchev–Trinajstić information content (AvgIpc) is 2.81. The van der Waals surface area contributed by atoms with E-state index in [9.17, 15) is 5.11 Å². The summed E-state index contributed by atoms with van der Waals surface area (Å²) in [7, 11) is 0. The Kier molecular flexibility index (Phi) is 2.91. The van der Waals surface area contributed by atoms with Crippen molar-refractivity contribution >= 4 is 0 Å². The van der Waals surface area contributed by atoms with E-state index in [0.29, 0.717) is 10.8 Å².